The zero-order valence-electron chi connectivity index (χ0n) is 15.0. The molecule has 0 saturated carbocycles. The van der Waals surface area contributed by atoms with Crippen molar-refractivity contribution in [3.63, 3.8) is 0 Å². The Labute approximate surface area is 163 Å². The summed E-state index contributed by atoms with van der Waals surface area (Å²) in [6.45, 7) is -0.425. The summed E-state index contributed by atoms with van der Waals surface area (Å²) >= 11 is 0. The van der Waals surface area contributed by atoms with Crippen molar-refractivity contribution in [3.05, 3.63) is 76.3 Å². The van der Waals surface area contributed by atoms with E-state index in [1.807, 2.05) is 24.3 Å². The first-order valence-corrected chi connectivity index (χ1v) is 8.63. The van der Waals surface area contributed by atoms with Crippen LogP contribution in [0, 0.1) is 10.1 Å². The number of hydrogen-bond donors (Lipinski definition) is 1. The molecule has 4 rings (SSSR count). The van der Waals surface area contributed by atoms with Crippen LogP contribution in [0.5, 0.6) is 5.75 Å². The Balaban J connectivity index is 1.50. The SMILES string of the molecule is O=Cc1ccc(OCC(=O)Nc2ccc3oc4ccccc4c3c2)c([N+](=O)[O-])c1. The Morgan fingerprint density at radius 1 is 1.07 bits per heavy atom. The maximum atomic E-state index is 12.2. The van der Waals surface area contributed by atoms with Gasteiger partial charge in [0.1, 0.15) is 17.5 Å². The van der Waals surface area contributed by atoms with Crippen LogP contribution in [-0.4, -0.2) is 23.7 Å². The van der Waals surface area contributed by atoms with Crippen LogP contribution < -0.4 is 10.1 Å². The van der Waals surface area contributed by atoms with E-state index in [0.29, 0.717) is 17.6 Å². The van der Waals surface area contributed by atoms with Gasteiger partial charge in [0.2, 0.25) is 0 Å². The maximum absolute atomic E-state index is 12.2. The van der Waals surface area contributed by atoms with E-state index >= 15 is 0 Å². The lowest BCUT2D eigenvalue weighted by Gasteiger charge is -2.08. The Hall–Kier alpha value is -4.20. The van der Waals surface area contributed by atoms with Crippen molar-refractivity contribution >= 4 is 45.5 Å². The van der Waals surface area contributed by atoms with Gasteiger partial charge in [-0.3, -0.25) is 19.7 Å². The molecule has 0 aliphatic rings. The van der Waals surface area contributed by atoms with E-state index in [-0.39, 0.29) is 17.0 Å². The number of anilines is 1. The lowest BCUT2D eigenvalue weighted by molar-refractivity contribution is -0.385. The molecule has 8 heteroatoms. The molecular formula is C21H14N2O6. The smallest absolute Gasteiger partial charge is 0.311 e. The molecular weight excluding hydrogens is 376 g/mol. The summed E-state index contributed by atoms with van der Waals surface area (Å²) in [5, 5.41) is 15.6. The van der Waals surface area contributed by atoms with Crippen molar-refractivity contribution in [1.82, 2.24) is 0 Å². The topological polar surface area (TPSA) is 112 Å². The standard InChI is InChI=1S/C21H14N2O6/c24-11-13-5-7-20(17(9-13)23(26)27)28-12-21(25)22-14-6-8-19-16(10-14)15-3-1-2-4-18(15)29-19/h1-11H,12H2,(H,22,25). The highest BCUT2D eigenvalue weighted by molar-refractivity contribution is 6.07. The molecule has 29 heavy (non-hydrogen) atoms. The molecule has 1 amide bonds. The lowest BCUT2D eigenvalue weighted by Crippen LogP contribution is -2.20. The number of aldehydes is 1. The van der Waals surface area contributed by atoms with E-state index in [2.05, 4.69) is 5.32 Å². The van der Waals surface area contributed by atoms with Crippen molar-refractivity contribution in [2.75, 3.05) is 11.9 Å². The highest BCUT2D eigenvalue weighted by Crippen LogP contribution is 2.31. The van der Waals surface area contributed by atoms with Gasteiger partial charge in [-0.1, -0.05) is 18.2 Å². The number of fused-ring (bicyclic) bond motifs is 3. The van der Waals surface area contributed by atoms with Gasteiger partial charge in [0.05, 0.1) is 4.92 Å². The molecule has 0 radical (unpaired) electrons. The molecule has 4 aromatic rings. The predicted molar refractivity (Wildman–Crippen MR) is 106 cm³/mol. The summed E-state index contributed by atoms with van der Waals surface area (Å²) in [4.78, 5) is 33.5. The Bertz CT molecular complexity index is 1260. The van der Waals surface area contributed by atoms with Gasteiger partial charge < -0.3 is 14.5 Å². The zero-order valence-corrected chi connectivity index (χ0v) is 15.0. The minimum atomic E-state index is -0.668. The number of nitro benzene ring substituents is 1. The molecule has 144 valence electrons. The highest BCUT2D eigenvalue weighted by Gasteiger charge is 2.17. The minimum Gasteiger partial charge on any atom is -0.477 e. The number of para-hydroxylation sites is 1. The van der Waals surface area contributed by atoms with E-state index in [9.17, 15) is 19.7 Å². The molecule has 1 aromatic heterocycles. The maximum Gasteiger partial charge on any atom is 0.311 e. The van der Waals surface area contributed by atoms with Crippen molar-refractivity contribution in [2.24, 2.45) is 0 Å². The van der Waals surface area contributed by atoms with Crippen LogP contribution in [0.4, 0.5) is 11.4 Å². The Morgan fingerprint density at radius 2 is 1.86 bits per heavy atom. The number of carbonyl (C=O) groups excluding carboxylic acids is 2. The van der Waals surface area contributed by atoms with E-state index < -0.39 is 17.4 Å². The van der Waals surface area contributed by atoms with Crippen LogP contribution in [-0.2, 0) is 4.79 Å². The summed E-state index contributed by atoms with van der Waals surface area (Å²) in [5.74, 6) is -0.571. The number of ether oxygens (including phenoxy) is 1. The van der Waals surface area contributed by atoms with Gasteiger partial charge in [-0.15, -0.1) is 0 Å². The van der Waals surface area contributed by atoms with Crippen molar-refractivity contribution in [3.8, 4) is 5.75 Å². The third-order valence-electron chi connectivity index (χ3n) is 4.34. The highest BCUT2D eigenvalue weighted by atomic mass is 16.6. The molecule has 0 aliphatic carbocycles. The fourth-order valence-electron chi connectivity index (χ4n) is 3.02. The summed E-state index contributed by atoms with van der Waals surface area (Å²) in [6, 6.07) is 16.6. The van der Waals surface area contributed by atoms with Crippen LogP contribution >= 0.6 is 0 Å². The predicted octanol–water partition coefficient (Wildman–Crippen LogP) is 4.32. The van der Waals surface area contributed by atoms with Gasteiger partial charge >= 0.3 is 5.69 Å². The largest absolute Gasteiger partial charge is 0.477 e. The Kier molecular flexibility index (Phi) is 4.66. The first kappa shape index (κ1) is 18.2. The minimum absolute atomic E-state index is 0.0907. The summed E-state index contributed by atoms with van der Waals surface area (Å²) in [5.41, 5.74) is 1.76. The van der Waals surface area contributed by atoms with Crippen LogP contribution in [0.3, 0.4) is 0 Å². The summed E-state index contributed by atoms with van der Waals surface area (Å²) < 4.78 is 11.0. The van der Waals surface area contributed by atoms with Gasteiger partial charge in [0.25, 0.3) is 5.91 Å². The number of carbonyl (C=O) groups is 2. The normalized spacial score (nSPS) is 10.8. The number of nitro groups is 1. The van der Waals surface area contributed by atoms with Gasteiger partial charge in [0, 0.05) is 28.1 Å². The molecule has 1 heterocycles. The molecule has 1 N–H and O–H groups in total. The van der Waals surface area contributed by atoms with Gasteiger partial charge in [-0.25, -0.2) is 0 Å². The van der Waals surface area contributed by atoms with Crippen molar-refractivity contribution < 1.29 is 23.7 Å². The monoisotopic (exact) mass is 390 g/mol. The first-order valence-electron chi connectivity index (χ1n) is 8.63. The summed E-state index contributed by atoms with van der Waals surface area (Å²) in [7, 11) is 0. The number of nitrogens with one attached hydrogen (secondary N) is 1. The molecule has 0 unspecified atom stereocenters. The molecule has 0 spiro atoms. The van der Waals surface area contributed by atoms with E-state index in [0.717, 1.165) is 22.4 Å². The fraction of sp³-hybridized carbons (Fsp3) is 0.0476. The molecule has 0 bridgehead atoms. The van der Waals surface area contributed by atoms with Crippen LogP contribution in [0.1, 0.15) is 10.4 Å². The molecule has 0 aliphatic heterocycles. The molecule has 0 saturated heterocycles. The number of nitrogens with zero attached hydrogens (tertiary/aromatic N) is 1. The second-order valence-corrected chi connectivity index (χ2v) is 6.25. The van der Waals surface area contributed by atoms with Crippen LogP contribution in [0.15, 0.2) is 65.1 Å². The van der Waals surface area contributed by atoms with Crippen molar-refractivity contribution in [1.29, 1.82) is 0 Å². The zero-order chi connectivity index (χ0) is 20.4. The van der Waals surface area contributed by atoms with Gasteiger partial charge in [0.15, 0.2) is 12.4 Å². The van der Waals surface area contributed by atoms with Crippen LogP contribution in [0.2, 0.25) is 0 Å². The van der Waals surface area contributed by atoms with Crippen LogP contribution in [0.25, 0.3) is 21.9 Å². The summed E-state index contributed by atoms with van der Waals surface area (Å²) in [6.07, 6.45) is 0.499. The fourth-order valence-corrected chi connectivity index (χ4v) is 3.02. The Morgan fingerprint density at radius 3 is 2.66 bits per heavy atom. The average Bonchev–Trinajstić information content (AvgIpc) is 3.10. The van der Waals surface area contributed by atoms with E-state index in [1.165, 1.54) is 12.1 Å². The number of hydrogen-bond acceptors (Lipinski definition) is 6. The van der Waals surface area contributed by atoms with Gasteiger partial charge in [-0.2, -0.15) is 0 Å². The molecule has 3 aromatic carbocycles. The molecule has 0 atom stereocenters. The third-order valence-corrected chi connectivity index (χ3v) is 4.34. The number of rotatable bonds is 6. The second-order valence-electron chi connectivity index (χ2n) is 6.25. The van der Waals surface area contributed by atoms with E-state index in [4.69, 9.17) is 9.15 Å². The molecule has 8 nitrogen and oxygen atoms in total. The average molecular weight is 390 g/mol. The van der Waals surface area contributed by atoms with Crippen molar-refractivity contribution in [2.45, 2.75) is 0 Å². The second kappa shape index (κ2) is 7.43. The quantitative estimate of drug-likeness (QED) is 0.298. The molecule has 0 fully saturated rings. The van der Waals surface area contributed by atoms with Gasteiger partial charge in [-0.05, 0) is 36.4 Å². The third kappa shape index (κ3) is 3.63. The number of amides is 1. The number of benzene rings is 3. The number of furan rings is 1. The lowest BCUT2D eigenvalue weighted by atomic mass is 10.1. The van der Waals surface area contributed by atoms with E-state index in [1.54, 1.807) is 18.2 Å². The first-order chi connectivity index (χ1) is 14.0.